The molecule has 0 saturated heterocycles. The number of carbonyl (C=O) groups is 1. The Morgan fingerprint density at radius 3 is 2.54 bits per heavy atom. The first-order valence-electron chi connectivity index (χ1n) is 8.64. The molecule has 1 saturated carbocycles. The summed E-state index contributed by atoms with van der Waals surface area (Å²) in [5, 5.41) is 3.34. The molecule has 1 heterocycles. The van der Waals surface area contributed by atoms with E-state index < -0.39 is 11.4 Å². The molecule has 0 spiro atoms. The molecule has 2 aromatic carbocycles. The summed E-state index contributed by atoms with van der Waals surface area (Å²) in [5.74, 6) is -0.450. The van der Waals surface area contributed by atoms with Crippen molar-refractivity contribution in [1.29, 1.82) is 0 Å². The van der Waals surface area contributed by atoms with Gasteiger partial charge in [0.1, 0.15) is 11.2 Å². The molecule has 3 aromatic rings. The van der Waals surface area contributed by atoms with Crippen molar-refractivity contribution in [2.24, 2.45) is 5.92 Å². The fourth-order valence-electron chi connectivity index (χ4n) is 3.41. The molecule has 1 aromatic heterocycles. The van der Waals surface area contributed by atoms with Crippen LogP contribution in [0.1, 0.15) is 41.7 Å². The number of carbonyl (C=O) groups excluding carboxylic acids is 1. The smallest absolute Gasteiger partial charge is 0.348 e. The summed E-state index contributed by atoms with van der Waals surface area (Å²) in [7, 11) is 0. The second-order valence-corrected chi connectivity index (χ2v) is 6.68. The summed E-state index contributed by atoms with van der Waals surface area (Å²) in [6, 6.07) is 14.0. The zero-order chi connectivity index (χ0) is 18.3. The van der Waals surface area contributed by atoms with Crippen molar-refractivity contribution in [2.45, 2.75) is 25.8 Å². The van der Waals surface area contributed by atoms with Gasteiger partial charge in [-0.15, -0.1) is 0 Å². The first-order chi connectivity index (χ1) is 12.6. The van der Waals surface area contributed by atoms with Crippen LogP contribution in [0.3, 0.4) is 0 Å². The third kappa shape index (κ3) is 2.90. The maximum Gasteiger partial charge on any atom is 0.348 e. The van der Waals surface area contributed by atoms with Crippen molar-refractivity contribution in [3.8, 4) is 0 Å². The van der Waals surface area contributed by atoms with Crippen LogP contribution >= 0.6 is 0 Å². The minimum atomic E-state index is -0.784. The van der Waals surface area contributed by atoms with E-state index in [-0.39, 0.29) is 34.0 Å². The van der Waals surface area contributed by atoms with E-state index in [1.807, 2.05) is 30.3 Å². The largest absolute Gasteiger partial charge is 0.405 e. The van der Waals surface area contributed by atoms with Gasteiger partial charge in [0.05, 0.1) is 11.6 Å². The zero-order valence-corrected chi connectivity index (χ0v) is 14.3. The third-order valence-corrected chi connectivity index (χ3v) is 4.80. The molecule has 1 aliphatic carbocycles. The molecular formula is C21H18FNO3. The van der Waals surface area contributed by atoms with Crippen molar-refractivity contribution < 1.29 is 13.6 Å². The fraction of sp³-hybridized carbons (Fsp3) is 0.238. The lowest BCUT2D eigenvalue weighted by atomic mass is 10.0. The molecule has 5 heteroatoms. The second kappa shape index (κ2) is 6.41. The molecule has 1 atom stereocenters. The number of hydrogen-bond donors (Lipinski definition) is 1. The van der Waals surface area contributed by atoms with E-state index >= 15 is 0 Å². The van der Waals surface area contributed by atoms with E-state index in [0.29, 0.717) is 5.92 Å². The predicted octanol–water partition coefficient (Wildman–Crippen LogP) is 4.70. The molecule has 1 N–H and O–H groups in total. The van der Waals surface area contributed by atoms with Crippen LogP contribution in [0.5, 0.6) is 0 Å². The van der Waals surface area contributed by atoms with Crippen molar-refractivity contribution in [3.63, 3.8) is 0 Å². The van der Waals surface area contributed by atoms with Gasteiger partial charge < -0.3 is 9.73 Å². The molecular weight excluding hydrogens is 333 g/mol. The SMILES string of the molecule is CC(=O)c1c(N[C@H](c2ccccc2)C2CC2)oc(=O)c2c(F)cccc12. The number of anilines is 1. The molecule has 1 aliphatic rings. The van der Waals surface area contributed by atoms with Crippen molar-refractivity contribution in [1.82, 2.24) is 0 Å². The molecule has 132 valence electrons. The Morgan fingerprint density at radius 2 is 1.88 bits per heavy atom. The van der Waals surface area contributed by atoms with E-state index in [1.165, 1.54) is 19.1 Å². The van der Waals surface area contributed by atoms with Crippen LogP contribution in [0.4, 0.5) is 10.3 Å². The Labute approximate surface area is 149 Å². The molecule has 1 fully saturated rings. The van der Waals surface area contributed by atoms with Gasteiger partial charge in [0, 0.05) is 5.39 Å². The van der Waals surface area contributed by atoms with Gasteiger partial charge in [-0.3, -0.25) is 4.79 Å². The quantitative estimate of drug-likeness (QED) is 0.677. The van der Waals surface area contributed by atoms with Crippen molar-refractivity contribution in [3.05, 3.63) is 75.9 Å². The topological polar surface area (TPSA) is 59.3 Å². The lowest BCUT2D eigenvalue weighted by Crippen LogP contribution is -2.18. The Bertz CT molecular complexity index is 1040. The molecule has 0 radical (unpaired) electrons. The van der Waals surface area contributed by atoms with Gasteiger partial charge in [-0.1, -0.05) is 42.5 Å². The fourth-order valence-corrected chi connectivity index (χ4v) is 3.41. The lowest BCUT2D eigenvalue weighted by Gasteiger charge is -2.21. The van der Waals surface area contributed by atoms with Gasteiger partial charge >= 0.3 is 5.63 Å². The van der Waals surface area contributed by atoms with Crippen LogP contribution in [0.15, 0.2) is 57.7 Å². The number of hydrogen-bond acceptors (Lipinski definition) is 4. The predicted molar refractivity (Wildman–Crippen MR) is 98.0 cm³/mol. The van der Waals surface area contributed by atoms with Crippen molar-refractivity contribution >= 4 is 22.4 Å². The Morgan fingerprint density at radius 1 is 1.15 bits per heavy atom. The number of nitrogens with one attached hydrogen (secondary N) is 1. The summed E-state index contributed by atoms with van der Waals surface area (Å²) in [6.45, 7) is 1.39. The maximum atomic E-state index is 14.1. The minimum Gasteiger partial charge on any atom is -0.405 e. The second-order valence-electron chi connectivity index (χ2n) is 6.68. The standard InChI is InChI=1S/C21H18FNO3/c1-12(24)17-15-8-5-9-16(22)18(15)21(25)26-20(17)23-19(14-10-11-14)13-6-3-2-4-7-13/h2-9,14,19,23H,10-11H2,1H3/t19-/m1/s1. The number of rotatable bonds is 5. The molecule has 0 bridgehead atoms. The Hall–Kier alpha value is -2.95. The molecule has 4 nitrogen and oxygen atoms in total. The summed E-state index contributed by atoms with van der Waals surface area (Å²) >= 11 is 0. The molecule has 4 rings (SSSR count). The van der Waals surface area contributed by atoms with E-state index in [0.717, 1.165) is 18.4 Å². The van der Waals surface area contributed by atoms with E-state index in [2.05, 4.69) is 5.32 Å². The van der Waals surface area contributed by atoms with Crippen LogP contribution in [0.25, 0.3) is 10.8 Å². The lowest BCUT2D eigenvalue weighted by molar-refractivity contribution is 0.101. The average molecular weight is 351 g/mol. The van der Waals surface area contributed by atoms with Gasteiger partial charge in [-0.05, 0) is 37.3 Å². The summed E-state index contributed by atoms with van der Waals surface area (Å²) in [6.07, 6.45) is 2.13. The van der Waals surface area contributed by atoms with E-state index in [9.17, 15) is 14.0 Å². The normalized spacial score (nSPS) is 15.0. The molecule has 0 aliphatic heterocycles. The van der Waals surface area contributed by atoms with Gasteiger partial charge in [0.25, 0.3) is 0 Å². The first kappa shape index (κ1) is 16.5. The highest BCUT2D eigenvalue weighted by Crippen LogP contribution is 2.43. The van der Waals surface area contributed by atoms with Crippen LogP contribution in [0, 0.1) is 11.7 Å². The van der Waals surface area contributed by atoms with Crippen molar-refractivity contribution in [2.75, 3.05) is 5.32 Å². The van der Waals surface area contributed by atoms with E-state index in [4.69, 9.17) is 4.42 Å². The van der Waals surface area contributed by atoms with Gasteiger partial charge in [-0.25, -0.2) is 9.18 Å². The number of ketones is 1. The van der Waals surface area contributed by atoms with Gasteiger partial charge in [-0.2, -0.15) is 0 Å². The summed E-state index contributed by atoms with van der Waals surface area (Å²) in [5.41, 5.74) is 0.486. The summed E-state index contributed by atoms with van der Waals surface area (Å²) < 4.78 is 19.5. The first-order valence-corrected chi connectivity index (χ1v) is 8.64. The van der Waals surface area contributed by atoms with Crippen LogP contribution < -0.4 is 10.9 Å². The third-order valence-electron chi connectivity index (χ3n) is 4.80. The highest BCUT2D eigenvalue weighted by atomic mass is 19.1. The molecule has 0 amide bonds. The average Bonchev–Trinajstić information content (AvgIpc) is 3.45. The number of Topliss-reactive ketones (excluding diaryl/α,β-unsaturated/α-hetero) is 1. The highest BCUT2D eigenvalue weighted by molar-refractivity contribution is 6.10. The monoisotopic (exact) mass is 351 g/mol. The Kier molecular flexibility index (Phi) is 4.07. The summed E-state index contributed by atoms with van der Waals surface area (Å²) in [4.78, 5) is 24.6. The van der Waals surface area contributed by atoms with Crippen LogP contribution in [-0.2, 0) is 0 Å². The Balaban J connectivity index is 1.87. The maximum absolute atomic E-state index is 14.1. The number of fused-ring (bicyclic) bond motifs is 1. The van der Waals surface area contributed by atoms with Crippen LogP contribution in [-0.4, -0.2) is 5.78 Å². The van der Waals surface area contributed by atoms with Gasteiger partial charge in [0.2, 0.25) is 5.88 Å². The molecule has 0 unspecified atom stereocenters. The number of halogens is 1. The van der Waals surface area contributed by atoms with Crippen LogP contribution in [0.2, 0.25) is 0 Å². The minimum absolute atomic E-state index is 0.0662. The molecule has 26 heavy (non-hydrogen) atoms. The highest BCUT2D eigenvalue weighted by Gasteiger charge is 2.34. The van der Waals surface area contributed by atoms with E-state index in [1.54, 1.807) is 6.07 Å². The zero-order valence-electron chi connectivity index (χ0n) is 14.3. The van der Waals surface area contributed by atoms with Gasteiger partial charge in [0.15, 0.2) is 5.78 Å². The number of benzene rings is 2.